The van der Waals surface area contributed by atoms with Crippen LogP contribution in [0.25, 0.3) is 0 Å². The molecule has 1 unspecified atom stereocenters. The Bertz CT molecular complexity index is 462. The van der Waals surface area contributed by atoms with Crippen LogP contribution in [0.5, 0.6) is 0 Å². The molecule has 0 aliphatic heterocycles. The van der Waals surface area contributed by atoms with E-state index in [2.05, 4.69) is 0 Å². The minimum Gasteiger partial charge on any atom is -0.337 e. The maximum Gasteiger partial charge on any atom is 0.256 e. The Morgan fingerprint density at radius 2 is 2.28 bits per heavy atom. The highest BCUT2D eigenvalue weighted by molar-refractivity contribution is 6.30. The van der Waals surface area contributed by atoms with Crippen LogP contribution in [0.2, 0.25) is 5.02 Å². The predicted octanol–water partition coefficient (Wildman–Crippen LogP) is 2.29. The van der Waals surface area contributed by atoms with Crippen molar-refractivity contribution in [2.45, 2.75) is 18.9 Å². The number of carbonyl (C=O) groups excluding carboxylic acids is 1. The third-order valence-electron chi connectivity index (χ3n) is 3.39. The Morgan fingerprint density at radius 1 is 1.61 bits per heavy atom. The van der Waals surface area contributed by atoms with Crippen LogP contribution in [0.15, 0.2) is 18.2 Å². The first kappa shape index (κ1) is 13.3. The van der Waals surface area contributed by atoms with Gasteiger partial charge in [0.05, 0.1) is 5.56 Å². The lowest BCUT2D eigenvalue weighted by molar-refractivity contribution is 0.0714. The average Bonchev–Trinajstić information content (AvgIpc) is 3.13. The summed E-state index contributed by atoms with van der Waals surface area (Å²) in [6.07, 6.45) is 2.17. The molecule has 18 heavy (non-hydrogen) atoms. The van der Waals surface area contributed by atoms with Crippen molar-refractivity contribution in [2.24, 2.45) is 11.7 Å². The Hall–Kier alpha value is -1.13. The highest BCUT2D eigenvalue weighted by atomic mass is 35.5. The van der Waals surface area contributed by atoms with Crippen LogP contribution in [-0.4, -0.2) is 30.4 Å². The normalized spacial score (nSPS) is 16.4. The molecule has 0 bridgehead atoms. The van der Waals surface area contributed by atoms with Crippen molar-refractivity contribution < 1.29 is 9.18 Å². The number of hydrogen-bond donors (Lipinski definition) is 1. The van der Waals surface area contributed by atoms with Gasteiger partial charge in [-0.1, -0.05) is 11.6 Å². The van der Waals surface area contributed by atoms with Gasteiger partial charge in [0, 0.05) is 24.7 Å². The van der Waals surface area contributed by atoms with Gasteiger partial charge < -0.3 is 10.6 Å². The number of rotatable bonds is 4. The number of hydrogen-bond acceptors (Lipinski definition) is 2. The largest absolute Gasteiger partial charge is 0.337 e. The van der Waals surface area contributed by atoms with E-state index in [1.54, 1.807) is 11.9 Å². The van der Waals surface area contributed by atoms with E-state index < -0.39 is 5.82 Å². The van der Waals surface area contributed by atoms with Crippen LogP contribution in [0.1, 0.15) is 23.2 Å². The first-order valence-corrected chi connectivity index (χ1v) is 6.34. The monoisotopic (exact) mass is 270 g/mol. The molecule has 2 N–H and O–H groups in total. The van der Waals surface area contributed by atoms with Crippen molar-refractivity contribution in [3.63, 3.8) is 0 Å². The van der Waals surface area contributed by atoms with Gasteiger partial charge in [0.15, 0.2) is 0 Å². The Labute approximate surface area is 111 Å². The van der Waals surface area contributed by atoms with Crippen LogP contribution < -0.4 is 5.73 Å². The van der Waals surface area contributed by atoms with Crippen molar-refractivity contribution in [2.75, 3.05) is 13.6 Å². The van der Waals surface area contributed by atoms with Gasteiger partial charge in [-0.25, -0.2) is 4.39 Å². The summed E-state index contributed by atoms with van der Waals surface area (Å²) < 4.78 is 13.7. The minimum atomic E-state index is -0.592. The highest BCUT2D eigenvalue weighted by Gasteiger charge is 2.35. The van der Waals surface area contributed by atoms with E-state index in [-0.39, 0.29) is 22.5 Å². The molecule has 1 aliphatic rings. The fourth-order valence-electron chi connectivity index (χ4n) is 2.15. The second-order valence-electron chi connectivity index (χ2n) is 4.68. The molecule has 2 rings (SSSR count). The second kappa shape index (κ2) is 5.24. The number of amides is 1. The number of halogens is 2. The molecule has 1 aromatic rings. The average molecular weight is 271 g/mol. The molecule has 1 fully saturated rings. The summed E-state index contributed by atoms with van der Waals surface area (Å²) in [7, 11) is 1.67. The Balaban J connectivity index is 2.19. The number of likely N-dealkylation sites (N-methyl/N-ethyl adjacent to an activating group) is 1. The number of benzene rings is 1. The lowest BCUT2D eigenvalue weighted by atomic mass is 10.1. The summed E-state index contributed by atoms with van der Waals surface area (Å²) in [6.45, 7) is 0.405. The summed E-state index contributed by atoms with van der Waals surface area (Å²) in [6, 6.07) is 4.07. The quantitative estimate of drug-likeness (QED) is 0.912. The Kier molecular flexibility index (Phi) is 3.88. The van der Waals surface area contributed by atoms with Crippen molar-refractivity contribution in [3.8, 4) is 0 Å². The van der Waals surface area contributed by atoms with Gasteiger partial charge in [-0.05, 0) is 37.0 Å². The third-order valence-corrected chi connectivity index (χ3v) is 3.62. The topological polar surface area (TPSA) is 46.3 Å². The second-order valence-corrected chi connectivity index (χ2v) is 5.12. The van der Waals surface area contributed by atoms with Gasteiger partial charge in [-0.15, -0.1) is 0 Å². The molecule has 1 atom stereocenters. The van der Waals surface area contributed by atoms with Gasteiger partial charge in [-0.3, -0.25) is 4.79 Å². The van der Waals surface area contributed by atoms with Crippen LogP contribution in [0.3, 0.4) is 0 Å². The van der Waals surface area contributed by atoms with Gasteiger partial charge in [-0.2, -0.15) is 0 Å². The zero-order valence-corrected chi connectivity index (χ0v) is 11.0. The Morgan fingerprint density at radius 3 is 2.78 bits per heavy atom. The smallest absolute Gasteiger partial charge is 0.256 e. The van der Waals surface area contributed by atoms with E-state index in [1.165, 1.54) is 12.1 Å². The van der Waals surface area contributed by atoms with Crippen LogP contribution in [0, 0.1) is 11.7 Å². The first-order valence-electron chi connectivity index (χ1n) is 5.97. The number of carbonyl (C=O) groups is 1. The molecule has 5 heteroatoms. The molecule has 1 saturated carbocycles. The van der Waals surface area contributed by atoms with E-state index >= 15 is 0 Å². The minimum absolute atomic E-state index is 0.00687. The zero-order chi connectivity index (χ0) is 13.3. The first-order chi connectivity index (χ1) is 8.54. The molecule has 0 saturated heterocycles. The van der Waals surface area contributed by atoms with Gasteiger partial charge in [0.2, 0.25) is 0 Å². The standard InChI is InChI=1S/C13H16ClFN2O/c1-17(12(7-16)8-2-3-8)13(18)10-5-4-9(14)6-11(10)15/h4-6,8,12H,2-3,7,16H2,1H3. The van der Waals surface area contributed by atoms with E-state index in [0.717, 1.165) is 18.9 Å². The molecular weight excluding hydrogens is 255 g/mol. The molecule has 0 radical (unpaired) electrons. The molecule has 1 amide bonds. The molecule has 1 aliphatic carbocycles. The van der Waals surface area contributed by atoms with Crippen LogP contribution >= 0.6 is 11.6 Å². The molecule has 98 valence electrons. The third kappa shape index (κ3) is 2.65. The summed E-state index contributed by atoms with van der Waals surface area (Å²) in [5.41, 5.74) is 5.73. The predicted molar refractivity (Wildman–Crippen MR) is 69.1 cm³/mol. The summed E-state index contributed by atoms with van der Waals surface area (Å²) in [4.78, 5) is 13.7. The van der Waals surface area contributed by atoms with E-state index in [0.29, 0.717) is 12.5 Å². The van der Waals surface area contributed by atoms with Crippen LogP contribution in [0.4, 0.5) is 4.39 Å². The maximum atomic E-state index is 13.7. The number of nitrogens with zero attached hydrogens (tertiary/aromatic N) is 1. The van der Waals surface area contributed by atoms with Gasteiger partial charge >= 0.3 is 0 Å². The molecule has 3 nitrogen and oxygen atoms in total. The van der Waals surface area contributed by atoms with Gasteiger partial charge in [0.25, 0.3) is 5.91 Å². The van der Waals surface area contributed by atoms with Crippen molar-refractivity contribution in [1.82, 2.24) is 4.90 Å². The fourth-order valence-corrected chi connectivity index (χ4v) is 2.31. The SMILES string of the molecule is CN(C(=O)c1ccc(Cl)cc1F)C(CN)C1CC1. The lowest BCUT2D eigenvalue weighted by Crippen LogP contribution is -2.43. The lowest BCUT2D eigenvalue weighted by Gasteiger charge is -2.27. The van der Waals surface area contributed by atoms with E-state index in [4.69, 9.17) is 17.3 Å². The zero-order valence-electron chi connectivity index (χ0n) is 10.2. The van der Waals surface area contributed by atoms with E-state index in [9.17, 15) is 9.18 Å². The van der Waals surface area contributed by atoms with Crippen molar-refractivity contribution in [1.29, 1.82) is 0 Å². The summed E-state index contributed by atoms with van der Waals surface area (Å²) in [5, 5.41) is 0.282. The summed E-state index contributed by atoms with van der Waals surface area (Å²) in [5.74, 6) is -0.475. The fraction of sp³-hybridized carbons (Fsp3) is 0.462. The number of nitrogens with two attached hydrogens (primary N) is 1. The highest BCUT2D eigenvalue weighted by Crippen LogP contribution is 2.35. The maximum absolute atomic E-state index is 13.7. The molecule has 0 spiro atoms. The van der Waals surface area contributed by atoms with Crippen molar-refractivity contribution >= 4 is 17.5 Å². The van der Waals surface area contributed by atoms with Crippen molar-refractivity contribution in [3.05, 3.63) is 34.6 Å². The molecular formula is C13H16ClFN2O. The summed E-state index contributed by atoms with van der Waals surface area (Å²) >= 11 is 5.67. The van der Waals surface area contributed by atoms with E-state index in [1.807, 2.05) is 0 Å². The molecule has 0 aromatic heterocycles. The molecule has 1 aromatic carbocycles. The van der Waals surface area contributed by atoms with Gasteiger partial charge in [0.1, 0.15) is 5.82 Å². The van der Waals surface area contributed by atoms with Crippen LogP contribution in [-0.2, 0) is 0 Å². The molecule has 0 heterocycles.